The molecule has 0 saturated carbocycles. The summed E-state index contributed by atoms with van der Waals surface area (Å²) >= 11 is 1.04. The molecule has 1 fully saturated rings. The van der Waals surface area contributed by atoms with Crippen LogP contribution in [-0.4, -0.2) is 58.4 Å². The number of unbranched alkanes of at least 4 members (excludes halogenated alkanes) is 6. The second-order valence-corrected chi connectivity index (χ2v) is 12.1. The molecule has 1 aliphatic rings. The molecule has 1 amide bonds. The molecule has 0 atom stereocenters. The highest BCUT2D eigenvalue weighted by Gasteiger charge is 2.34. The Balaban J connectivity index is 1.73. The molecule has 8 nitrogen and oxygen atoms in total. The number of hydrogen-bond acceptors (Lipinski definition) is 7. The van der Waals surface area contributed by atoms with Crippen molar-refractivity contribution in [1.82, 2.24) is 4.90 Å². The van der Waals surface area contributed by atoms with Gasteiger partial charge in [-0.25, -0.2) is 0 Å². The lowest BCUT2D eigenvalue weighted by molar-refractivity contribution is -0.122. The molecule has 218 valence electrons. The number of amidine groups is 1. The van der Waals surface area contributed by atoms with Crippen LogP contribution in [-0.2, 0) is 19.6 Å². The molecule has 2 aromatic carbocycles. The first-order valence-corrected chi connectivity index (χ1v) is 16.1. The van der Waals surface area contributed by atoms with Gasteiger partial charge in [0, 0.05) is 20.3 Å². The summed E-state index contributed by atoms with van der Waals surface area (Å²) in [6.45, 7) is 3.56. The number of hydrogen-bond donors (Lipinski definition) is 0. The fourth-order valence-electron chi connectivity index (χ4n) is 4.17. The Morgan fingerprint density at radius 2 is 1.62 bits per heavy atom. The molecule has 2 aromatic rings. The monoisotopic (exact) mass is 588 g/mol. The molecule has 3 rings (SSSR count). The molecule has 0 N–H and O–H groups in total. The molecular weight excluding hydrogens is 548 g/mol. The molecule has 40 heavy (non-hydrogen) atoms. The lowest BCUT2D eigenvalue weighted by atomic mass is 10.1. The van der Waals surface area contributed by atoms with Crippen molar-refractivity contribution >= 4 is 38.9 Å². The molecule has 1 heterocycles. The van der Waals surface area contributed by atoms with E-state index in [4.69, 9.17) is 14.2 Å². The van der Waals surface area contributed by atoms with Gasteiger partial charge < -0.3 is 14.2 Å². The van der Waals surface area contributed by atoms with Crippen molar-refractivity contribution in [2.75, 3.05) is 34.0 Å². The average molecular weight is 589 g/mol. The lowest BCUT2D eigenvalue weighted by Gasteiger charge is -2.15. The minimum atomic E-state index is -3.98. The van der Waals surface area contributed by atoms with Gasteiger partial charge in [0.15, 0.2) is 16.7 Å². The number of carbonyl (C=O) groups excluding carboxylic acids is 1. The fraction of sp³-hybridized carbons (Fsp3) is 0.467. The van der Waals surface area contributed by atoms with Crippen LogP contribution < -0.4 is 9.47 Å². The van der Waals surface area contributed by atoms with Crippen molar-refractivity contribution in [3.8, 4) is 11.5 Å². The maximum absolute atomic E-state index is 13.3. The molecular formula is C30H40N2O6S2. The molecule has 0 unspecified atom stereocenters. The highest BCUT2D eigenvalue weighted by Crippen LogP contribution is 2.36. The highest BCUT2D eigenvalue weighted by molar-refractivity contribution is 8.19. The first-order chi connectivity index (χ1) is 19.4. The maximum atomic E-state index is 13.3. The molecule has 0 aliphatic carbocycles. The minimum absolute atomic E-state index is 0.0710. The topological polar surface area (TPSA) is 94.5 Å². The van der Waals surface area contributed by atoms with Crippen molar-refractivity contribution in [2.24, 2.45) is 4.40 Å². The van der Waals surface area contributed by atoms with E-state index in [1.807, 2.05) is 18.2 Å². The number of carbonyl (C=O) groups is 1. The van der Waals surface area contributed by atoms with Crippen LogP contribution >= 0.6 is 11.8 Å². The summed E-state index contributed by atoms with van der Waals surface area (Å²) < 4.78 is 46.5. The summed E-state index contributed by atoms with van der Waals surface area (Å²) in [6.07, 6.45) is 10.7. The van der Waals surface area contributed by atoms with E-state index in [-0.39, 0.29) is 22.5 Å². The van der Waals surface area contributed by atoms with Gasteiger partial charge in [0.1, 0.15) is 0 Å². The van der Waals surface area contributed by atoms with Gasteiger partial charge in [-0.15, -0.1) is 4.40 Å². The van der Waals surface area contributed by atoms with E-state index in [1.165, 1.54) is 49.1 Å². The van der Waals surface area contributed by atoms with Crippen LogP contribution in [0.2, 0.25) is 0 Å². The summed E-state index contributed by atoms with van der Waals surface area (Å²) in [6, 6.07) is 13.5. The Bertz CT molecular complexity index is 1260. The quantitative estimate of drug-likeness (QED) is 0.153. The first-order valence-electron chi connectivity index (χ1n) is 13.8. The second kappa shape index (κ2) is 16.4. The number of ether oxygens (including phenoxy) is 3. The van der Waals surface area contributed by atoms with Gasteiger partial charge in [-0.05, 0) is 60.5 Å². The van der Waals surface area contributed by atoms with Gasteiger partial charge in [0.2, 0.25) is 0 Å². The second-order valence-electron chi connectivity index (χ2n) is 9.46. The SMILES string of the molecule is CCCCCCCCCOc1ccc(/C=C2\SC(=NS(=O)(=O)c3ccccc3)N(CCCOC)C2=O)cc1OC. The zero-order valence-electron chi connectivity index (χ0n) is 23.6. The number of nitrogens with zero attached hydrogens (tertiary/aromatic N) is 2. The van der Waals surface area contributed by atoms with Crippen molar-refractivity contribution in [3.63, 3.8) is 0 Å². The van der Waals surface area contributed by atoms with Crippen molar-refractivity contribution in [1.29, 1.82) is 0 Å². The third kappa shape index (κ3) is 9.38. The molecule has 0 bridgehead atoms. The number of methoxy groups -OCH3 is 2. The third-order valence-corrected chi connectivity index (χ3v) is 8.75. The number of sulfonamides is 1. The van der Waals surface area contributed by atoms with Gasteiger partial charge in [-0.2, -0.15) is 8.42 Å². The predicted octanol–water partition coefficient (Wildman–Crippen LogP) is 6.52. The predicted molar refractivity (Wildman–Crippen MR) is 161 cm³/mol. The van der Waals surface area contributed by atoms with E-state index in [0.717, 1.165) is 30.2 Å². The Kier molecular flexibility index (Phi) is 13.0. The van der Waals surface area contributed by atoms with E-state index in [9.17, 15) is 13.2 Å². The number of benzene rings is 2. The van der Waals surface area contributed by atoms with Gasteiger partial charge in [-0.1, -0.05) is 69.7 Å². The molecule has 0 spiro atoms. The van der Waals surface area contributed by atoms with E-state index in [1.54, 1.807) is 38.5 Å². The van der Waals surface area contributed by atoms with Crippen LogP contribution in [0.15, 0.2) is 62.7 Å². The highest BCUT2D eigenvalue weighted by atomic mass is 32.2. The lowest BCUT2D eigenvalue weighted by Crippen LogP contribution is -2.31. The largest absolute Gasteiger partial charge is 0.493 e. The summed E-state index contributed by atoms with van der Waals surface area (Å²) in [4.78, 5) is 15.1. The van der Waals surface area contributed by atoms with Crippen LogP contribution in [0.25, 0.3) is 6.08 Å². The van der Waals surface area contributed by atoms with Crippen LogP contribution in [0, 0.1) is 0 Å². The summed E-state index contributed by atoms with van der Waals surface area (Å²) in [5.41, 5.74) is 0.736. The standard InChI is InChI=1S/C30H40N2O6S2/c1-4-5-6-7-8-9-13-21-38-26-18-17-24(22-27(26)37-3)23-28-29(33)32(19-14-20-36-2)30(39-28)31-40(34,35)25-15-11-10-12-16-25/h10-12,15-18,22-23H,4-9,13-14,19-21H2,1-3H3/b28-23-,31-30?. The summed E-state index contributed by atoms with van der Waals surface area (Å²) in [5, 5.41) is 0.123. The van der Waals surface area contributed by atoms with Crippen LogP contribution in [0.3, 0.4) is 0 Å². The smallest absolute Gasteiger partial charge is 0.284 e. The van der Waals surface area contributed by atoms with E-state index < -0.39 is 10.0 Å². The molecule has 10 heteroatoms. The Hall–Kier alpha value is -2.82. The van der Waals surface area contributed by atoms with E-state index >= 15 is 0 Å². The van der Waals surface area contributed by atoms with Gasteiger partial charge in [0.25, 0.3) is 15.9 Å². The van der Waals surface area contributed by atoms with Crippen molar-refractivity contribution in [2.45, 2.75) is 63.2 Å². The van der Waals surface area contributed by atoms with Gasteiger partial charge >= 0.3 is 0 Å². The van der Waals surface area contributed by atoms with Crippen LogP contribution in [0.4, 0.5) is 0 Å². The van der Waals surface area contributed by atoms with Gasteiger partial charge in [-0.3, -0.25) is 9.69 Å². The molecule has 0 radical (unpaired) electrons. The third-order valence-electron chi connectivity index (χ3n) is 6.35. The van der Waals surface area contributed by atoms with Crippen LogP contribution in [0.1, 0.15) is 63.9 Å². The maximum Gasteiger partial charge on any atom is 0.284 e. The number of thioether (sulfide) groups is 1. The number of rotatable bonds is 17. The van der Waals surface area contributed by atoms with Gasteiger partial charge in [0.05, 0.1) is 23.5 Å². The summed E-state index contributed by atoms with van der Waals surface area (Å²) in [7, 11) is -0.822. The molecule has 1 aliphatic heterocycles. The van der Waals surface area contributed by atoms with Crippen molar-refractivity contribution < 1.29 is 27.4 Å². The van der Waals surface area contributed by atoms with E-state index in [0.29, 0.717) is 36.0 Å². The fourth-order valence-corrected chi connectivity index (χ4v) is 6.40. The average Bonchev–Trinajstić information content (AvgIpc) is 3.23. The minimum Gasteiger partial charge on any atom is -0.493 e. The van der Waals surface area contributed by atoms with Crippen LogP contribution in [0.5, 0.6) is 11.5 Å². The van der Waals surface area contributed by atoms with Crippen molar-refractivity contribution in [3.05, 3.63) is 59.0 Å². The first kappa shape index (κ1) is 31.7. The zero-order chi connectivity index (χ0) is 28.8. The number of amides is 1. The normalized spacial score (nSPS) is 15.8. The zero-order valence-corrected chi connectivity index (χ0v) is 25.3. The summed E-state index contributed by atoms with van der Waals surface area (Å²) in [5.74, 6) is 0.921. The molecule has 0 aromatic heterocycles. The van der Waals surface area contributed by atoms with E-state index in [2.05, 4.69) is 11.3 Å². The Morgan fingerprint density at radius 1 is 0.900 bits per heavy atom. The Labute approximate surface area is 242 Å². The molecule has 1 saturated heterocycles. The Morgan fingerprint density at radius 3 is 2.33 bits per heavy atom.